The van der Waals surface area contributed by atoms with Crippen LogP contribution in [0.3, 0.4) is 0 Å². The van der Waals surface area contributed by atoms with Crippen LogP contribution >= 0.6 is 7.60 Å². The Labute approximate surface area is 128 Å². The molecule has 0 aliphatic carbocycles. The Hall–Kier alpha value is -0.990. The third-order valence-corrected chi connectivity index (χ3v) is 4.55. The minimum atomic E-state index is -4.13. The van der Waals surface area contributed by atoms with Gasteiger partial charge in [0.2, 0.25) is 0 Å². The van der Waals surface area contributed by atoms with E-state index in [1.807, 2.05) is 11.9 Å². The molecule has 2 heterocycles. The standard InChI is InChI=1S/C6H12NO5P.C6H11NO2/c8-6(9)5-2-1-3-7(5)4-13(10,11)12;1-7-4-2-3-5(7)6(8)9/h5H,1-4H2,(H,8,9)(H2,10,11,12);5H,2-4H2,1H3,(H,8,9). The van der Waals surface area contributed by atoms with E-state index in [0.717, 1.165) is 19.4 Å². The van der Waals surface area contributed by atoms with Crippen LogP contribution in [0.4, 0.5) is 0 Å². The minimum Gasteiger partial charge on any atom is -0.480 e. The fourth-order valence-corrected chi connectivity index (χ4v) is 3.55. The van der Waals surface area contributed by atoms with Crippen LogP contribution in [0.25, 0.3) is 0 Å². The lowest BCUT2D eigenvalue weighted by atomic mass is 10.2. The predicted molar refractivity (Wildman–Crippen MR) is 77.6 cm³/mol. The van der Waals surface area contributed by atoms with Gasteiger partial charge in [-0.15, -0.1) is 0 Å². The smallest absolute Gasteiger partial charge is 0.339 e. The van der Waals surface area contributed by atoms with Gasteiger partial charge in [-0.1, -0.05) is 0 Å². The SMILES string of the molecule is CN1CCCC1C(=O)O.O=C(O)C1CCCN1CP(=O)(O)O. The maximum Gasteiger partial charge on any atom is 0.339 e. The molecule has 22 heavy (non-hydrogen) atoms. The van der Waals surface area contributed by atoms with Gasteiger partial charge in [-0.05, 0) is 45.8 Å². The number of aliphatic carboxylic acids is 2. The number of hydrogen-bond donors (Lipinski definition) is 4. The lowest BCUT2D eigenvalue weighted by Crippen LogP contribution is -2.36. The summed E-state index contributed by atoms with van der Waals surface area (Å²) >= 11 is 0. The highest BCUT2D eigenvalue weighted by atomic mass is 31.2. The summed E-state index contributed by atoms with van der Waals surface area (Å²) in [4.78, 5) is 41.5. The first-order chi connectivity index (χ1) is 10.1. The first kappa shape index (κ1) is 19.1. The molecule has 2 unspecified atom stereocenters. The first-order valence-electron chi connectivity index (χ1n) is 7.06. The van der Waals surface area contributed by atoms with E-state index in [1.54, 1.807) is 0 Å². The van der Waals surface area contributed by atoms with Crippen molar-refractivity contribution in [1.82, 2.24) is 9.80 Å². The van der Waals surface area contributed by atoms with Crippen LogP contribution < -0.4 is 0 Å². The van der Waals surface area contributed by atoms with Crippen molar-refractivity contribution in [3.05, 3.63) is 0 Å². The van der Waals surface area contributed by atoms with Gasteiger partial charge in [0, 0.05) is 0 Å². The predicted octanol–water partition coefficient (Wildman–Crippen LogP) is -0.164. The van der Waals surface area contributed by atoms with Gasteiger partial charge in [-0.2, -0.15) is 0 Å². The molecule has 10 heteroatoms. The number of carbonyl (C=O) groups is 2. The molecule has 0 aromatic heterocycles. The molecule has 0 amide bonds. The van der Waals surface area contributed by atoms with Gasteiger partial charge in [-0.3, -0.25) is 24.0 Å². The highest BCUT2D eigenvalue weighted by molar-refractivity contribution is 7.51. The number of carboxylic acid groups (broad SMARTS) is 2. The average Bonchev–Trinajstić information content (AvgIpc) is 2.96. The Morgan fingerprint density at radius 2 is 1.55 bits per heavy atom. The topological polar surface area (TPSA) is 139 Å². The second kappa shape index (κ2) is 8.03. The summed E-state index contributed by atoms with van der Waals surface area (Å²) in [5.41, 5.74) is 0. The van der Waals surface area contributed by atoms with Gasteiger partial charge in [-0.25, -0.2) is 0 Å². The fraction of sp³-hybridized carbons (Fsp3) is 0.833. The molecule has 0 aromatic rings. The zero-order valence-corrected chi connectivity index (χ0v) is 13.4. The van der Waals surface area contributed by atoms with Crippen LogP contribution in [0.15, 0.2) is 0 Å². The van der Waals surface area contributed by atoms with Crippen LogP contribution in [-0.4, -0.2) is 80.2 Å². The number of likely N-dealkylation sites (N-methyl/N-ethyl adjacent to an activating group) is 1. The Morgan fingerprint density at radius 1 is 1.05 bits per heavy atom. The van der Waals surface area contributed by atoms with Crippen LogP contribution in [0.5, 0.6) is 0 Å². The lowest BCUT2D eigenvalue weighted by Gasteiger charge is -2.20. The fourth-order valence-electron chi connectivity index (χ4n) is 2.73. The Balaban J connectivity index is 0.000000235. The molecule has 4 N–H and O–H groups in total. The van der Waals surface area contributed by atoms with Crippen molar-refractivity contribution < 1.29 is 34.2 Å². The summed E-state index contributed by atoms with van der Waals surface area (Å²) in [7, 11) is -2.28. The molecular weight excluding hydrogens is 315 g/mol. The number of rotatable bonds is 4. The quantitative estimate of drug-likeness (QED) is 0.515. The molecule has 0 aromatic carbocycles. The van der Waals surface area contributed by atoms with Crippen molar-refractivity contribution in [3.8, 4) is 0 Å². The van der Waals surface area contributed by atoms with Crippen molar-refractivity contribution in [2.24, 2.45) is 0 Å². The van der Waals surface area contributed by atoms with Gasteiger partial charge in [0.25, 0.3) is 0 Å². The molecular formula is C12H23N2O7P. The van der Waals surface area contributed by atoms with Gasteiger partial charge in [0.15, 0.2) is 0 Å². The summed E-state index contributed by atoms with van der Waals surface area (Å²) in [5, 5.41) is 17.2. The third-order valence-electron chi connectivity index (χ3n) is 3.82. The molecule has 0 radical (unpaired) electrons. The molecule has 9 nitrogen and oxygen atoms in total. The summed E-state index contributed by atoms with van der Waals surface area (Å²) in [6.45, 7) is 1.37. The van der Waals surface area contributed by atoms with E-state index >= 15 is 0 Å². The van der Waals surface area contributed by atoms with E-state index in [9.17, 15) is 14.2 Å². The van der Waals surface area contributed by atoms with Crippen molar-refractivity contribution in [2.75, 3.05) is 26.4 Å². The van der Waals surface area contributed by atoms with Crippen molar-refractivity contribution >= 4 is 19.5 Å². The van der Waals surface area contributed by atoms with E-state index in [1.165, 1.54) is 4.90 Å². The molecule has 128 valence electrons. The number of hydrogen-bond acceptors (Lipinski definition) is 5. The van der Waals surface area contributed by atoms with E-state index in [-0.39, 0.29) is 6.04 Å². The molecule has 2 saturated heterocycles. The third kappa shape index (κ3) is 6.02. The maximum atomic E-state index is 10.6. The molecule has 0 spiro atoms. The normalized spacial score (nSPS) is 26.5. The van der Waals surface area contributed by atoms with Gasteiger partial charge in [0.1, 0.15) is 18.4 Å². The highest BCUT2D eigenvalue weighted by Crippen LogP contribution is 2.37. The van der Waals surface area contributed by atoms with Crippen molar-refractivity contribution in [3.63, 3.8) is 0 Å². The summed E-state index contributed by atoms with van der Waals surface area (Å²) in [5.74, 6) is -1.69. The van der Waals surface area contributed by atoms with Crippen molar-refractivity contribution in [1.29, 1.82) is 0 Å². The van der Waals surface area contributed by atoms with E-state index in [4.69, 9.17) is 20.0 Å². The molecule has 0 saturated carbocycles. The largest absolute Gasteiger partial charge is 0.480 e. The molecule has 2 rings (SSSR count). The second-order valence-electron chi connectivity index (χ2n) is 5.59. The average molecular weight is 338 g/mol. The second-order valence-corrected chi connectivity index (χ2v) is 7.20. The van der Waals surface area contributed by atoms with Crippen molar-refractivity contribution in [2.45, 2.75) is 37.8 Å². The summed E-state index contributed by atoms with van der Waals surface area (Å²) < 4.78 is 10.6. The van der Waals surface area contributed by atoms with E-state index in [0.29, 0.717) is 19.4 Å². The van der Waals surface area contributed by atoms with E-state index in [2.05, 4.69) is 0 Å². The Morgan fingerprint density at radius 3 is 1.91 bits per heavy atom. The summed E-state index contributed by atoms with van der Waals surface area (Å²) in [6, 6.07) is -0.947. The van der Waals surface area contributed by atoms with Gasteiger partial charge >= 0.3 is 19.5 Å². The number of carboxylic acids is 2. The van der Waals surface area contributed by atoms with E-state index < -0.39 is 31.9 Å². The molecule has 0 bridgehead atoms. The van der Waals surface area contributed by atoms with Crippen LogP contribution in [0.1, 0.15) is 25.7 Å². The van der Waals surface area contributed by atoms with Crippen LogP contribution in [0.2, 0.25) is 0 Å². The number of likely N-dealkylation sites (tertiary alicyclic amines) is 2. The molecule has 2 aliphatic heterocycles. The maximum absolute atomic E-state index is 10.6. The number of nitrogens with zero attached hydrogens (tertiary/aromatic N) is 2. The lowest BCUT2D eigenvalue weighted by molar-refractivity contribution is -0.142. The monoisotopic (exact) mass is 338 g/mol. The zero-order chi connectivity index (χ0) is 16.9. The minimum absolute atomic E-state index is 0.218. The van der Waals surface area contributed by atoms with Crippen LogP contribution in [0, 0.1) is 0 Å². The Kier molecular flexibility index (Phi) is 6.96. The van der Waals surface area contributed by atoms with Gasteiger partial charge in [0.05, 0.1) is 0 Å². The highest BCUT2D eigenvalue weighted by Gasteiger charge is 2.34. The molecule has 2 fully saturated rings. The van der Waals surface area contributed by atoms with Gasteiger partial charge < -0.3 is 20.0 Å². The Bertz CT molecular complexity index is 453. The van der Waals surface area contributed by atoms with Crippen LogP contribution in [-0.2, 0) is 14.2 Å². The zero-order valence-electron chi connectivity index (χ0n) is 12.5. The molecule has 2 atom stereocenters. The first-order valence-corrected chi connectivity index (χ1v) is 8.86. The summed E-state index contributed by atoms with van der Waals surface area (Å²) in [6.07, 6.45) is 2.52. The molecule has 2 aliphatic rings.